The lowest BCUT2D eigenvalue weighted by atomic mass is 10.0. The van der Waals surface area contributed by atoms with Gasteiger partial charge in [-0.25, -0.2) is 0 Å². The first kappa shape index (κ1) is 16.3. The lowest BCUT2D eigenvalue weighted by molar-refractivity contribution is -0.126. The Labute approximate surface area is 149 Å². The molecule has 0 aliphatic carbocycles. The van der Waals surface area contributed by atoms with Crippen molar-refractivity contribution in [2.45, 2.75) is 39.0 Å². The van der Waals surface area contributed by atoms with Crippen molar-refractivity contribution in [3.8, 4) is 5.75 Å². The Kier molecular flexibility index (Phi) is 3.95. The van der Waals surface area contributed by atoms with E-state index in [-0.39, 0.29) is 18.4 Å². The lowest BCUT2D eigenvalue weighted by Gasteiger charge is -2.30. The normalized spacial score (nSPS) is 19.5. The van der Waals surface area contributed by atoms with Crippen LogP contribution in [0.2, 0.25) is 0 Å². The molecule has 1 fully saturated rings. The van der Waals surface area contributed by atoms with E-state index in [4.69, 9.17) is 9.15 Å². The molecule has 0 radical (unpaired) electrons. The van der Waals surface area contributed by atoms with Crippen LogP contribution in [0.1, 0.15) is 40.5 Å². The number of aromatic nitrogens is 2. The fourth-order valence-corrected chi connectivity index (χ4v) is 3.31. The summed E-state index contributed by atoms with van der Waals surface area (Å²) in [4.78, 5) is 26.6. The lowest BCUT2D eigenvalue weighted by Crippen LogP contribution is -2.49. The van der Waals surface area contributed by atoms with Gasteiger partial charge in [0.25, 0.3) is 11.8 Å². The molecular weight excluding hydrogens is 336 g/mol. The van der Waals surface area contributed by atoms with Gasteiger partial charge in [-0.2, -0.15) is 0 Å². The van der Waals surface area contributed by atoms with Crippen LogP contribution in [-0.4, -0.2) is 33.0 Å². The van der Waals surface area contributed by atoms with E-state index >= 15 is 0 Å². The molecule has 0 spiro atoms. The minimum absolute atomic E-state index is 0.120. The third kappa shape index (κ3) is 2.83. The van der Waals surface area contributed by atoms with Gasteiger partial charge < -0.3 is 19.4 Å². The number of hydrogen-bond acceptors (Lipinski definition) is 6. The Morgan fingerprint density at radius 1 is 1.38 bits per heavy atom. The van der Waals surface area contributed by atoms with Gasteiger partial charge in [0, 0.05) is 23.7 Å². The maximum absolute atomic E-state index is 12.8. The molecular formula is C18H18N4O4. The molecule has 1 unspecified atom stereocenters. The van der Waals surface area contributed by atoms with Gasteiger partial charge in [-0.15, -0.1) is 10.2 Å². The number of rotatable bonds is 4. The number of carbonyl (C=O) groups excluding carboxylic acids is 2. The van der Waals surface area contributed by atoms with E-state index in [2.05, 4.69) is 22.1 Å². The monoisotopic (exact) mass is 354 g/mol. The van der Waals surface area contributed by atoms with Gasteiger partial charge in [-0.3, -0.25) is 9.59 Å². The van der Waals surface area contributed by atoms with Crippen LogP contribution >= 0.6 is 0 Å². The third-order valence-electron chi connectivity index (χ3n) is 4.57. The first-order valence-electron chi connectivity index (χ1n) is 8.36. The molecule has 3 heterocycles. The second-order valence-electron chi connectivity index (χ2n) is 6.37. The van der Waals surface area contributed by atoms with Crippen LogP contribution in [0, 0.1) is 6.92 Å². The predicted molar refractivity (Wildman–Crippen MR) is 90.0 cm³/mol. The molecule has 1 atom stereocenters. The minimum Gasteiger partial charge on any atom is -0.483 e. The van der Waals surface area contributed by atoms with Crippen molar-refractivity contribution in [2.75, 3.05) is 0 Å². The van der Waals surface area contributed by atoms with Crippen LogP contribution in [0.5, 0.6) is 5.75 Å². The topological polar surface area (TPSA) is 97.6 Å². The molecule has 2 amide bonds. The Morgan fingerprint density at radius 3 is 2.96 bits per heavy atom. The predicted octanol–water partition coefficient (Wildman–Crippen LogP) is 1.71. The first-order chi connectivity index (χ1) is 12.5. The number of nitrogens with one attached hydrogen (secondary N) is 1. The molecule has 2 aliphatic rings. The molecule has 26 heavy (non-hydrogen) atoms. The summed E-state index contributed by atoms with van der Waals surface area (Å²) in [6, 6.07) is 4.81. The van der Waals surface area contributed by atoms with Crippen LogP contribution < -0.4 is 10.1 Å². The zero-order valence-electron chi connectivity index (χ0n) is 14.3. The first-order valence-corrected chi connectivity index (χ1v) is 8.36. The van der Waals surface area contributed by atoms with Gasteiger partial charge in [-0.1, -0.05) is 12.6 Å². The number of hydrogen-bond donors (Lipinski definition) is 1. The number of fused-ring (bicyclic) bond motifs is 1. The van der Waals surface area contributed by atoms with E-state index in [1.807, 2.05) is 0 Å². The van der Waals surface area contributed by atoms with Crippen molar-refractivity contribution in [1.29, 1.82) is 0 Å². The zero-order chi connectivity index (χ0) is 18.3. The number of carbonyl (C=O) groups is 2. The molecule has 2 aromatic rings. The van der Waals surface area contributed by atoms with Gasteiger partial charge in [0.1, 0.15) is 11.8 Å². The molecule has 0 saturated carbocycles. The molecule has 0 bridgehead atoms. The summed E-state index contributed by atoms with van der Waals surface area (Å²) >= 11 is 0. The molecule has 1 saturated heterocycles. The second kappa shape index (κ2) is 6.29. The van der Waals surface area contributed by atoms with E-state index in [9.17, 15) is 9.59 Å². The average Bonchev–Trinajstić information content (AvgIpc) is 3.17. The van der Waals surface area contributed by atoms with Crippen molar-refractivity contribution >= 4 is 11.8 Å². The number of allylic oxidation sites excluding steroid dienone is 1. The summed E-state index contributed by atoms with van der Waals surface area (Å²) < 4.78 is 11.1. The number of ether oxygens (including phenoxy) is 1. The van der Waals surface area contributed by atoms with Crippen LogP contribution in [0.15, 0.2) is 34.9 Å². The SMILES string of the molecule is C=C1CCC(N2Cc3c(OCc4nnc(C)o4)cccc3C2=O)C(=O)N1. The maximum atomic E-state index is 12.8. The molecule has 1 aromatic heterocycles. The van der Waals surface area contributed by atoms with Crippen molar-refractivity contribution in [3.05, 3.63) is 53.4 Å². The Bertz CT molecular complexity index is 904. The number of nitrogens with zero attached hydrogens (tertiary/aromatic N) is 3. The summed E-state index contributed by atoms with van der Waals surface area (Å²) in [5.41, 5.74) is 2.02. The van der Waals surface area contributed by atoms with Crippen LogP contribution in [-0.2, 0) is 17.9 Å². The number of amides is 2. The molecule has 4 rings (SSSR count). The van der Waals surface area contributed by atoms with E-state index in [0.717, 1.165) is 5.56 Å². The number of piperidine rings is 1. The van der Waals surface area contributed by atoms with Crippen molar-refractivity contribution in [1.82, 2.24) is 20.4 Å². The number of aryl methyl sites for hydroxylation is 1. The van der Waals surface area contributed by atoms with E-state index in [0.29, 0.717) is 48.2 Å². The molecule has 134 valence electrons. The van der Waals surface area contributed by atoms with Crippen LogP contribution in [0.25, 0.3) is 0 Å². The fraction of sp³-hybridized carbons (Fsp3) is 0.333. The van der Waals surface area contributed by atoms with E-state index in [1.54, 1.807) is 30.0 Å². The smallest absolute Gasteiger partial charge is 0.255 e. The largest absolute Gasteiger partial charge is 0.483 e. The summed E-state index contributed by atoms with van der Waals surface area (Å²) in [6.07, 6.45) is 1.23. The Hall–Kier alpha value is -3.16. The summed E-state index contributed by atoms with van der Waals surface area (Å²) in [5.74, 6) is 1.06. The summed E-state index contributed by atoms with van der Waals surface area (Å²) in [6.45, 7) is 5.93. The van der Waals surface area contributed by atoms with Crippen molar-refractivity contribution in [2.24, 2.45) is 0 Å². The number of benzene rings is 1. The highest BCUT2D eigenvalue weighted by molar-refractivity contribution is 6.02. The van der Waals surface area contributed by atoms with Crippen LogP contribution in [0.3, 0.4) is 0 Å². The van der Waals surface area contributed by atoms with Crippen molar-refractivity contribution in [3.63, 3.8) is 0 Å². The zero-order valence-corrected chi connectivity index (χ0v) is 14.3. The van der Waals surface area contributed by atoms with Crippen molar-refractivity contribution < 1.29 is 18.7 Å². The molecule has 8 nitrogen and oxygen atoms in total. The van der Waals surface area contributed by atoms with Gasteiger partial charge >= 0.3 is 0 Å². The Balaban J connectivity index is 1.54. The Morgan fingerprint density at radius 2 is 2.23 bits per heavy atom. The highest BCUT2D eigenvalue weighted by atomic mass is 16.5. The molecule has 1 aromatic carbocycles. The third-order valence-corrected chi connectivity index (χ3v) is 4.57. The highest BCUT2D eigenvalue weighted by Gasteiger charge is 2.39. The van der Waals surface area contributed by atoms with Gasteiger partial charge in [-0.05, 0) is 25.0 Å². The molecule has 1 N–H and O–H groups in total. The van der Waals surface area contributed by atoms with E-state index < -0.39 is 6.04 Å². The summed E-state index contributed by atoms with van der Waals surface area (Å²) in [7, 11) is 0. The summed E-state index contributed by atoms with van der Waals surface area (Å²) in [5, 5.41) is 10.4. The quantitative estimate of drug-likeness (QED) is 0.898. The standard InChI is InChI=1S/C18H18N4O4/c1-10-6-7-14(17(23)19-10)22-8-13-12(18(22)24)4-3-5-15(13)25-9-16-21-20-11(2)26-16/h3-5,14H,1,6-9H2,2H3,(H,19,23). The molecule has 2 aliphatic heterocycles. The maximum Gasteiger partial charge on any atom is 0.255 e. The fourth-order valence-electron chi connectivity index (χ4n) is 3.31. The van der Waals surface area contributed by atoms with Gasteiger partial charge in [0.2, 0.25) is 11.8 Å². The second-order valence-corrected chi connectivity index (χ2v) is 6.37. The van der Waals surface area contributed by atoms with Gasteiger partial charge in [0.05, 0.1) is 6.54 Å². The van der Waals surface area contributed by atoms with Gasteiger partial charge in [0.15, 0.2) is 6.61 Å². The molecule has 8 heteroatoms. The van der Waals surface area contributed by atoms with Crippen LogP contribution in [0.4, 0.5) is 0 Å². The van der Waals surface area contributed by atoms with E-state index in [1.165, 1.54) is 0 Å². The average molecular weight is 354 g/mol. The minimum atomic E-state index is -0.494. The highest BCUT2D eigenvalue weighted by Crippen LogP contribution is 2.34.